The van der Waals surface area contributed by atoms with Crippen LogP contribution in [0.15, 0.2) is 0 Å². The van der Waals surface area contributed by atoms with Crippen LogP contribution in [0.5, 0.6) is 0 Å². The first kappa shape index (κ1) is 22.3. The lowest BCUT2D eigenvalue weighted by atomic mass is 10.1. The number of ether oxygens (including phenoxy) is 1. The molecule has 0 fully saturated rings. The molecule has 0 atom stereocenters. The highest BCUT2D eigenvalue weighted by molar-refractivity contribution is 14.1. The van der Waals surface area contributed by atoms with E-state index in [1.165, 1.54) is 0 Å². The average Bonchev–Trinajstić information content (AvgIpc) is 2.49. The van der Waals surface area contributed by atoms with E-state index in [9.17, 15) is 29.4 Å². The van der Waals surface area contributed by atoms with Gasteiger partial charge in [-0.05, 0) is 74.7 Å². The van der Waals surface area contributed by atoms with Gasteiger partial charge in [-0.15, -0.1) is 0 Å². The third-order valence-corrected chi connectivity index (χ3v) is 6.11. The number of esters is 1. The molecule has 11 heteroatoms. The molecule has 0 aliphatic heterocycles. The summed E-state index contributed by atoms with van der Waals surface area (Å²) in [5.74, 6) is -3.66. The lowest BCUT2D eigenvalue weighted by Crippen LogP contribution is -2.20. The zero-order chi connectivity index (χ0) is 19.3. The molecule has 0 saturated carbocycles. The summed E-state index contributed by atoms with van der Waals surface area (Å²) in [6.07, 6.45) is -0.295. The van der Waals surface area contributed by atoms with Crippen molar-refractivity contribution in [1.82, 2.24) is 0 Å². The number of aromatic carboxylic acids is 2. The second kappa shape index (κ2) is 9.84. The average molecular weight is 687 g/mol. The Kier molecular flexibility index (Phi) is 8.79. The smallest absolute Gasteiger partial charge is 0.337 e. The summed E-state index contributed by atoms with van der Waals surface area (Å²) >= 11 is 5.15. The molecule has 0 aromatic heterocycles. The van der Waals surface area contributed by atoms with E-state index in [0.29, 0.717) is 0 Å². The number of halogens is 3. The van der Waals surface area contributed by atoms with Gasteiger partial charge in [0.2, 0.25) is 5.91 Å². The summed E-state index contributed by atoms with van der Waals surface area (Å²) in [5, 5.41) is 21.2. The Labute approximate surface area is 183 Å². The normalized spacial score (nSPS) is 10.2. The lowest BCUT2D eigenvalue weighted by molar-refractivity contribution is -0.144. The van der Waals surface area contributed by atoms with E-state index >= 15 is 0 Å². The van der Waals surface area contributed by atoms with Crippen LogP contribution >= 0.6 is 67.8 Å². The largest absolute Gasteiger partial charge is 0.478 e. The van der Waals surface area contributed by atoms with Crippen LogP contribution in [-0.4, -0.2) is 40.6 Å². The van der Waals surface area contributed by atoms with Crippen molar-refractivity contribution >= 4 is 97.3 Å². The van der Waals surface area contributed by atoms with E-state index in [0.717, 1.165) is 0 Å². The monoisotopic (exact) mass is 687 g/mol. The summed E-state index contributed by atoms with van der Waals surface area (Å²) in [6, 6.07) is 0. The number of nitrogens with one attached hydrogen (secondary N) is 1. The fourth-order valence-electron chi connectivity index (χ4n) is 1.80. The summed E-state index contributed by atoms with van der Waals surface area (Å²) in [6.45, 7) is 1.85. The molecule has 1 aromatic carbocycles. The van der Waals surface area contributed by atoms with Crippen molar-refractivity contribution in [2.45, 2.75) is 19.8 Å². The first-order valence-electron chi connectivity index (χ1n) is 6.74. The molecule has 25 heavy (non-hydrogen) atoms. The number of carboxylic acids is 2. The maximum atomic E-state index is 12.1. The zero-order valence-corrected chi connectivity index (χ0v) is 19.2. The van der Waals surface area contributed by atoms with Gasteiger partial charge in [-0.25, -0.2) is 9.59 Å². The maximum Gasteiger partial charge on any atom is 0.337 e. The van der Waals surface area contributed by atoms with Crippen LogP contribution < -0.4 is 5.32 Å². The van der Waals surface area contributed by atoms with Gasteiger partial charge in [0.25, 0.3) is 0 Å². The van der Waals surface area contributed by atoms with Gasteiger partial charge in [-0.1, -0.05) is 0 Å². The third-order valence-electron chi connectivity index (χ3n) is 2.87. The van der Waals surface area contributed by atoms with Gasteiger partial charge < -0.3 is 20.3 Å². The molecule has 1 aromatic rings. The molecule has 1 amide bonds. The van der Waals surface area contributed by atoms with Crippen LogP contribution in [0, 0.1) is 10.7 Å². The van der Waals surface area contributed by atoms with Crippen LogP contribution in [-0.2, 0) is 14.3 Å². The van der Waals surface area contributed by atoms with Gasteiger partial charge in [0, 0.05) is 9.99 Å². The van der Waals surface area contributed by atoms with E-state index in [1.807, 2.05) is 0 Å². The fraction of sp³-hybridized carbons (Fsp3) is 0.286. The van der Waals surface area contributed by atoms with Gasteiger partial charge in [-0.3, -0.25) is 9.59 Å². The molecule has 0 aliphatic carbocycles. The van der Waals surface area contributed by atoms with E-state index < -0.39 is 23.8 Å². The third kappa shape index (κ3) is 5.63. The molecule has 0 heterocycles. The Balaban J connectivity index is 3.22. The number of amides is 1. The predicted molar refractivity (Wildman–Crippen MR) is 113 cm³/mol. The molecule has 0 radical (unpaired) electrons. The SMILES string of the molecule is CCOC(=O)CCC(=O)Nc1c(I)c(C(=O)O)c(I)c(C(=O)O)c1I. The number of hydrogen-bond donors (Lipinski definition) is 3. The molecule has 0 spiro atoms. The molecular weight excluding hydrogens is 675 g/mol. The summed E-state index contributed by atoms with van der Waals surface area (Å²) in [4.78, 5) is 46.3. The van der Waals surface area contributed by atoms with Gasteiger partial charge in [0.15, 0.2) is 0 Å². The van der Waals surface area contributed by atoms with Crippen LogP contribution in [0.2, 0.25) is 0 Å². The van der Waals surface area contributed by atoms with E-state index in [2.05, 4.69) is 5.32 Å². The topological polar surface area (TPSA) is 130 Å². The molecule has 136 valence electrons. The molecule has 0 bridgehead atoms. The highest BCUT2D eigenvalue weighted by atomic mass is 127. The first-order chi connectivity index (χ1) is 11.6. The maximum absolute atomic E-state index is 12.1. The van der Waals surface area contributed by atoms with Crippen LogP contribution in [0.3, 0.4) is 0 Å². The number of anilines is 1. The van der Waals surface area contributed by atoms with Crippen molar-refractivity contribution in [2.24, 2.45) is 0 Å². The Morgan fingerprint density at radius 3 is 1.80 bits per heavy atom. The van der Waals surface area contributed by atoms with Crippen LogP contribution in [0.1, 0.15) is 40.5 Å². The highest BCUT2D eigenvalue weighted by Gasteiger charge is 2.28. The first-order valence-corrected chi connectivity index (χ1v) is 9.97. The fourth-order valence-corrected chi connectivity index (χ4v) is 6.16. The Morgan fingerprint density at radius 1 is 0.920 bits per heavy atom. The van der Waals surface area contributed by atoms with Crippen molar-refractivity contribution in [2.75, 3.05) is 11.9 Å². The highest BCUT2D eigenvalue weighted by Crippen LogP contribution is 2.35. The van der Waals surface area contributed by atoms with Gasteiger partial charge >= 0.3 is 17.9 Å². The standard InChI is InChI=1S/C14H12I3NO7/c1-2-25-6(20)4-3-5(19)18-12-10(16)7(13(21)22)9(15)8(11(12)17)14(23)24/h2-4H2,1H3,(H,18,19)(H,21,22)(H,23,24). The minimum absolute atomic E-state index is 0.0796. The van der Waals surface area contributed by atoms with Crippen molar-refractivity contribution in [1.29, 1.82) is 0 Å². The number of carbonyl (C=O) groups is 4. The molecule has 0 unspecified atom stereocenters. The minimum Gasteiger partial charge on any atom is -0.478 e. The molecule has 0 aliphatic rings. The molecule has 1 rings (SSSR count). The molecule has 0 saturated heterocycles. The zero-order valence-electron chi connectivity index (χ0n) is 12.7. The van der Waals surface area contributed by atoms with Crippen molar-refractivity contribution < 1.29 is 34.1 Å². The van der Waals surface area contributed by atoms with E-state index in [4.69, 9.17) is 4.74 Å². The van der Waals surface area contributed by atoms with Gasteiger partial charge in [0.05, 0.1) is 37.0 Å². The molecular formula is C14H12I3NO7. The van der Waals surface area contributed by atoms with Crippen LogP contribution in [0.25, 0.3) is 0 Å². The Morgan fingerprint density at radius 2 is 1.40 bits per heavy atom. The number of benzene rings is 1. The van der Waals surface area contributed by atoms with Crippen molar-refractivity contribution in [3.05, 3.63) is 21.8 Å². The molecule has 8 nitrogen and oxygen atoms in total. The minimum atomic E-state index is -1.30. The second-order valence-electron chi connectivity index (χ2n) is 4.53. The van der Waals surface area contributed by atoms with E-state index in [1.54, 1.807) is 74.7 Å². The Hall–Kier alpha value is -0.710. The van der Waals surface area contributed by atoms with Crippen molar-refractivity contribution in [3.8, 4) is 0 Å². The number of rotatable bonds is 7. The quantitative estimate of drug-likeness (QED) is 0.297. The second-order valence-corrected chi connectivity index (χ2v) is 7.77. The summed E-state index contributed by atoms with van der Waals surface area (Å²) < 4.78 is 5.24. The number of carbonyl (C=O) groups excluding carboxylic acids is 2. The Bertz CT molecular complexity index is 707. The molecule has 3 N–H and O–H groups in total. The summed E-state index contributed by atoms with van der Waals surface area (Å²) in [7, 11) is 0. The predicted octanol–water partition coefficient (Wildman–Crippen LogP) is 3.18. The van der Waals surface area contributed by atoms with Gasteiger partial charge in [0.1, 0.15) is 0 Å². The lowest BCUT2D eigenvalue weighted by Gasteiger charge is -2.16. The number of hydrogen-bond acceptors (Lipinski definition) is 5. The summed E-state index contributed by atoms with van der Waals surface area (Å²) in [5.41, 5.74) is -0.287. The van der Waals surface area contributed by atoms with Gasteiger partial charge in [-0.2, -0.15) is 0 Å². The van der Waals surface area contributed by atoms with Crippen LogP contribution in [0.4, 0.5) is 5.69 Å². The van der Waals surface area contributed by atoms with Crippen molar-refractivity contribution in [3.63, 3.8) is 0 Å². The van der Waals surface area contributed by atoms with E-state index in [-0.39, 0.29) is 47.0 Å². The number of carboxylic acid groups (broad SMARTS) is 2.